The van der Waals surface area contributed by atoms with Crippen LogP contribution in [0.2, 0.25) is 5.02 Å². The number of piperidine rings is 1. The van der Waals surface area contributed by atoms with Crippen LogP contribution in [0.15, 0.2) is 35.3 Å². The van der Waals surface area contributed by atoms with Crippen molar-refractivity contribution in [2.45, 2.75) is 33.1 Å². The molecule has 1 fully saturated rings. The number of likely N-dealkylation sites (tertiary alicyclic amines) is 1. The summed E-state index contributed by atoms with van der Waals surface area (Å²) in [5, 5.41) is 3.47. The van der Waals surface area contributed by atoms with E-state index in [1.54, 1.807) is 24.8 Å². The third kappa shape index (κ3) is 4.27. The number of carbonyl (C=O) groups is 2. The predicted octanol–water partition coefficient (Wildman–Crippen LogP) is 2.99. The number of halogens is 1. The zero-order chi connectivity index (χ0) is 22.8. The van der Waals surface area contributed by atoms with Gasteiger partial charge < -0.3 is 9.64 Å². The summed E-state index contributed by atoms with van der Waals surface area (Å²) in [6, 6.07) is 7.33. The number of hydrogen-bond acceptors (Lipinski definition) is 5. The minimum atomic E-state index is -0.334. The van der Waals surface area contributed by atoms with E-state index in [9.17, 15) is 14.4 Å². The first-order valence-corrected chi connectivity index (χ1v) is 11.1. The Labute approximate surface area is 190 Å². The monoisotopic (exact) mass is 456 g/mol. The number of carbonyl (C=O) groups excluding carboxylic acids is 2. The van der Waals surface area contributed by atoms with Gasteiger partial charge in [0.2, 0.25) is 0 Å². The second kappa shape index (κ2) is 9.16. The van der Waals surface area contributed by atoms with Crippen molar-refractivity contribution in [2.24, 2.45) is 5.92 Å². The van der Waals surface area contributed by atoms with Crippen LogP contribution < -0.4 is 5.56 Å². The normalized spacial score (nSPS) is 16.3. The van der Waals surface area contributed by atoms with Crippen molar-refractivity contribution in [3.05, 3.63) is 68.2 Å². The maximum Gasteiger partial charge on any atom is 0.310 e. The second-order valence-corrected chi connectivity index (χ2v) is 8.41. The highest BCUT2D eigenvalue weighted by Gasteiger charge is 2.31. The van der Waals surface area contributed by atoms with E-state index in [1.807, 2.05) is 18.2 Å². The Morgan fingerprint density at radius 1 is 1.34 bits per heavy atom. The third-order valence-electron chi connectivity index (χ3n) is 5.79. The number of nitrogens with zero attached hydrogens (tertiary/aromatic N) is 3. The fourth-order valence-corrected chi connectivity index (χ4v) is 4.37. The molecule has 1 aliphatic rings. The number of aryl methyl sites for hydroxylation is 1. The van der Waals surface area contributed by atoms with E-state index in [0.717, 1.165) is 5.56 Å². The lowest BCUT2D eigenvalue weighted by atomic mass is 9.97. The van der Waals surface area contributed by atoms with Gasteiger partial charge in [-0.3, -0.25) is 19.5 Å². The second-order valence-electron chi connectivity index (χ2n) is 7.98. The summed E-state index contributed by atoms with van der Waals surface area (Å²) in [6.45, 7) is 4.69. The highest BCUT2D eigenvalue weighted by molar-refractivity contribution is 6.30. The zero-order valence-electron chi connectivity index (χ0n) is 18.1. The van der Waals surface area contributed by atoms with Crippen molar-refractivity contribution in [2.75, 3.05) is 19.7 Å². The van der Waals surface area contributed by atoms with E-state index in [-0.39, 0.29) is 29.0 Å². The molecule has 3 heterocycles. The third-order valence-corrected chi connectivity index (χ3v) is 6.03. The van der Waals surface area contributed by atoms with Crippen LogP contribution in [0.1, 0.15) is 46.9 Å². The zero-order valence-corrected chi connectivity index (χ0v) is 18.8. The molecule has 0 aliphatic carbocycles. The van der Waals surface area contributed by atoms with Crippen LogP contribution in [0.4, 0.5) is 0 Å². The van der Waals surface area contributed by atoms with E-state index in [4.69, 9.17) is 16.3 Å². The van der Waals surface area contributed by atoms with Crippen molar-refractivity contribution < 1.29 is 14.3 Å². The van der Waals surface area contributed by atoms with Gasteiger partial charge in [-0.25, -0.2) is 9.50 Å². The van der Waals surface area contributed by atoms with Crippen molar-refractivity contribution in [3.8, 4) is 0 Å². The molecule has 0 unspecified atom stereocenters. The topological polar surface area (TPSA) is 96.8 Å². The standard InChI is InChI=1S/C23H25ClN4O4/c1-3-32-23(31)16-7-5-9-27(13-16)21(29)19-12-25-28-20(19)26-14(2)18(22(28)30)11-15-6-4-8-17(24)10-15/h4,6,8,10,12,16,25H,3,5,7,9,11,13H2,1-2H3/t16-/m1/s1. The predicted molar refractivity (Wildman–Crippen MR) is 120 cm³/mol. The lowest BCUT2D eigenvalue weighted by Gasteiger charge is -2.31. The summed E-state index contributed by atoms with van der Waals surface area (Å²) >= 11 is 6.07. The molecule has 9 heteroatoms. The molecule has 32 heavy (non-hydrogen) atoms. The van der Waals surface area contributed by atoms with E-state index < -0.39 is 0 Å². The first kappa shape index (κ1) is 22.1. The summed E-state index contributed by atoms with van der Waals surface area (Å²) in [5.74, 6) is -0.869. The van der Waals surface area contributed by atoms with Gasteiger partial charge in [-0.2, -0.15) is 0 Å². The largest absolute Gasteiger partial charge is 0.466 e. The van der Waals surface area contributed by atoms with E-state index in [1.165, 1.54) is 10.7 Å². The lowest BCUT2D eigenvalue weighted by Crippen LogP contribution is -2.42. The van der Waals surface area contributed by atoms with Gasteiger partial charge in [0.15, 0.2) is 5.65 Å². The number of aromatic amines is 1. The maximum absolute atomic E-state index is 13.2. The maximum atomic E-state index is 13.2. The summed E-state index contributed by atoms with van der Waals surface area (Å²) in [6.07, 6.45) is 3.30. The van der Waals surface area contributed by atoms with Crippen LogP contribution in [0.3, 0.4) is 0 Å². The van der Waals surface area contributed by atoms with Gasteiger partial charge in [-0.05, 0) is 44.4 Å². The fraction of sp³-hybridized carbons (Fsp3) is 0.391. The quantitative estimate of drug-likeness (QED) is 0.595. The van der Waals surface area contributed by atoms with Gasteiger partial charge in [0.05, 0.1) is 12.5 Å². The molecule has 2 aromatic heterocycles. The van der Waals surface area contributed by atoms with Crippen LogP contribution >= 0.6 is 11.6 Å². The Hall–Kier alpha value is -3.13. The molecular weight excluding hydrogens is 432 g/mol. The Morgan fingerprint density at radius 3 is 2.91 bits per heavy atom. The van der Waals surface area contributed by atoms with Gasteiger partial charge in [-0.1, -0.05) is 23.7 Å². The van der Waals surface area contributed by atoms with Crippen molar-refractivity contribution in [3.63, 3.8) is 0 Å². The summed E-state index contributed by atoms with van der Waals surface area (Å²) in [5.41, 5.74) is 2.34. The number of amides is 1. The van der Waals surface area contributed by atoms with Gasteiger partial charge in [0, 0.05) is 42.0 Å². The van der Waals surface area contributed by atoms with Gasteiger partial charge in [0.25, 0.3) is 11.5 Å². The van der Waals surface area contributed by atoms with Crippen molar-refractivity contribution in [1.29, 1.82) is 0 Å². The summed E-state index contributed by atoms with van der Waals surface area (Å²) < 4.78 is 6.42. The number of esters is 1. The smallest absolute Gasteiger partial charge is 0.310 e. The molecule has 4 rings (SSSR count). The van der Waals surface area contributed by atoms with Gasteiger partial charge in [-0.15, -0.1) is 0 Å². The van der Waals surface area contributed by atoms with Crippen LogP contribution in [0.25, 0.3) is 5.65 Å². The molecule has 8 nitrogen and oxygen atoms in total. The number of nitrogens with one attached hydrogen (secondary N) is 1. The average Bonchev–Trinajstić information content (AvgIpc) is 3.20. The van der Waals surface area contributed by atoms with Gasteiger partial charge in [0.1, 0.15) is 5.56 Å². The molecule has 1 saturated heterocycles. The lowest BCUT2D eigenvalue weighted by molar-refractivity contribution is -0.149. The first-order chi connectivity index (χ1) is 15.4. The fourth-order valence-electron chi connectivity index (χ4n) is 4.15. The number of H-pyrrole nitrogens is 1. The average molecular weight is 457 g/mol. The Kier molecular flexibility index (Phi) is 6.32. The van der Waals surface area contributed by atoms with Crippen molar-refractivity contribution in [1.82, 2.24) is 19.5 Å². The number of hydrogen-bond donors (Lipinski definition) is 1. The van der Waals surface area contributed by atoms with E-state index >= 15 is 0 Å². The molecule has 1 aromatic carbocycles. The van der Waals surface area contributed by atoms with E-state index in [2.05, 4.69) is 10.1 Å². The summed E-state index contributed by atoms with van der Waals surface area (Å²) in [4.78, 5) is 44.7. The van der Waals surface area contributed by atoms with Gasteiger partial charge >= 0.3 is 5.97 Å². The number of ether oxygens (including phenoxy) is 1. The number of rotatable bonds is 5. The molecule has 1 atom stereocenters. The Morgan fingerprint density at radius 2 is 2.16 bits per heavy atom. The molecule has 0 radical (unpaired) electrons. The molecule has 0 bridgehead atoms. The highest BCUT2D eigenvalue weighted by Crippen LogP contribution is 2.22. The first-order valence-electron chi connectivity index (χ1n) is 10.7. The van der Waals surface area contributed by atoms with Crippen LogP contribution in [0, 0.1) is 12.8 Å². The van der Waals surface area contributed by atoms with Crippen LogP contribution in [0.5, 0.6) is 0 Å². The van der Waals surface area contributed by atoms with E-state index in [0.29, 0.717) is 60.8 Å². The molecule has 3 aromatic rings. The molecule has 0 saturated carbocycles. The molecule has 1 amide bonds. The highest BCUT2D eigenvalue weighted by atomic mass is 35.5. The van der Waals surface area contributed by atoms with Crippen LogP contribution in [-0.2, 0) is 16.0 Å². The molecular formula is C23H25ClN4O4. The minimum absolute atomic E-state index is 0.255. The number of fused-ring (bicyclic) bond motifs is 1. The summed E-state index contributed by atoms with van der Waals surface area (Å²) in [7, 11) is 0. The minimum Gasteiger partial charge on any atom is -0.466 e. The molecule has 0 spiro atoms. The molecule has 168 valence electrons. The number of benzene rings is 1. The van der Waals surface area contributed by atoms with Crippen LogP contribution in [-0.4, -0.2) is 51.1 Å². The number of aromatic nitrogens is 3. The Bertz CT molecular complexity index is 1230. The Balaban J connectivity index is 1.63. The SMILES string of the molecule is CCOC(=O)[C@@H]1CCCN(C(=O)c2c[nH]n3c(=O)c(Cc4cccc(Cl)c4)c(C)nc23)C1. The molecule has 1 N–H and O–H groups in total. The van der Waals surface area contributed by atoms with Crippen molar-refractivity contribution >= 4 is 29.1 Å². The molecule has 1 aliphatic heterocycles.